The first kappa shape index (κ1) is 8.44. The molecule has 0 aromatic carbocycles. The molecule has 2 fully saturated rings. The third-order valence-corrected chi connectivity index (χ3v) is 2.53. The van der Waals surface area contributed by atoms with Gasteiger partial charge in [-0.05, 0) is 0 Å². The molecule has 4 nitrogen and oxygen atoms in total. The molecule has 1 N–H and O–H groups in total. The van der Waals surface area contributed by atoms with Crippen LogP contribution in [0.25, 0.3) is 0 Å². The first-order valence-corrected chi connectivity index (χ1v) is 4.80. The van der Waals surface area contributed by atoms with Crippen LogP contribution in [-0.4, -0.2) is 62.4 Å². The van der Waals surface area contributed by atoms with Gasteiger partial charge in [0.05, 0.1) is 0 Å². The van der Waals surface area contributed by atoms with Crippen molar-refractivity contribution in [1.29, 1.82) is 0 Å². The lowest BCUT2D eigenvalue weighted by molar-refractivity contribution is -0.0423. The van der Waals surface area contributed by atoms with Crippen LogP contribution in [0.15, 0.2) is 0 Å². The summed E-state index contributed by atoms with van der Waals surface area (Å²) in [4.78, 5) is 0. The third kappa shape index (κ3) is 1.95. The molecule has 12 heavy (non-hydrogen) atoms. The number of hydrogen-bond acceptors (Lipinski definition) is 3. The van der Waals surface area contributed by atoms with Gasteiger partial charge in [-0.2, -0.15) is 0 Å². The van der Waals surface area contributed by atoms with Gasteiger partial charge in [-0.3, -0.25) is 0 Å². The molecule has 2 rings (SSSR count). The van der Waals surface area contributed by atoms with Gasteiger partial charge in [0.15, 0.2) is 0 Å². The van der Waals surface area contributed by atoms with Crippen molar-refractivity contribution in [3.05, 3.63) is 0 Å². The van der Waals surface area contributed by atoms with Crippen LogP contribution in [0.2, 0.25) is 0 Å². The number of nitrogens with zero attached hydrogens (tertiary/aromatic N) is 3. The summed E-state index contributed by atoms with van der Waals surface area (Å²) >= 11 is 0. The molecule has 4 heteroatoms. The molecule has 2 heterocycles. The molecule has 0 amide bonds. The second-order valence-corrected chi connectivity index (χ2v) is 3.33. The van der Waals surface area contributed by atoms with Crippen LogP contribution in [0.3, 0.4) is 0 Å². The maximum Gasteiger partial charge on any atom is 0.0275 e. The lowest BCUT2D eigenvalue weighted by Crippen LogP contribution is -2.56. The molecule has 0 aromatic heterocycles. The first-order chi connectivity index (χ1) is 5.97. The van der Waals surface area contributed by atoms with Crippen molar-refractivity contribution in [1.82, 2.24) is 20.7 Å². The number of rotatable bonds is 1. The van der Waals surface area contributed by atoms with E-state index < -0.39 is 0 Å². The van der Waals surface area contributed by atoms with Crippen molar-refractivity contribution >= 4 is 0 Å². The van der Waals surface area contributed by atoms with Crippen LogP contribution in [-0.2, 0) is 0 Å². The predicted octanol–water partition coefficient (Wildman–Crippen LogP) is -1.27. The second-order valence-electron chi connectivity index (χ2n) is 3.33. The van der Waals surface area contributed by atoms with E-state index in [-0.39, 0.29) is 0 Å². The molecular weight excluding hydrogens is 152 g/mol. The molecule has 1 radical (unpaired) electrons. The fourth-order valence-electron chi connectivity index (χ4n) is 1.81. The van der Waals surface area contributed by atoms with Crippen molar-refractivity contribution in [2.24, 2.45) is 0 Å². The molecule has 2 aliphatic heterocycles. The minimum absolute atomic E-state index is 1.02. The Morgan fingerprint density at radius 1 is 0.833 bits per heavy atom. The Morgan fingerprint density at radius 2 is 1.42 bits per heavy atom. The van der Waals surface area contributed by atoms with E-state index in [9.17, 15) is 0 Å². The van der Waals surface area contributed by atoms with Gasteiger partial charge >= 0.3 is 0 Å². The first-order valence-electron chi connectivity index (χ1n) is 4.80. The minimum Gasteiger partial charge on any atom is -0.314 e. The summed E-state index contributed by atoms with van der Waals surface area (Å²) < 4.78 is 0. The summed E-state index contributed by atoms with van der Waals surface area (Å²) in [5, 5.41) is 12.6. The molecular formula is C8H17N4. The van der Waals surface area contributed by atoms with Gasteiger partial charge in [-0.1, -0.05) is 0 Å². The van der Waals surface area contributed by atoms with E-state index in [1.54, 1.807) is 0 Å². The maximum atomic E-state index is 4.34. The molecule has 2 aliphatic rings. The van der Waals surface area contributed by atoms with E-state index in [0.717, 1.165) is 39.3 Å². The standard InChI is InChI=1S/C8H17N4/c1-5-11(6-2-9-1)12-7-3-10-4-8-12/h9H,1-8H2. The largest absolute Gasteiger partial charge is 0.314 e. The van der Waals surface area contributed by atoms with Crippen LogP contribution >= 0.6 is 0 Å². The molecule has 0 spiro atoms. The monoisotopic (exact) mass is 169 g/mol. The molecule has 0 unspecified atom stereocenters. The average Bonchev–Trinajstić information content (AvgIpc) is 2.21. The zero-order chi connectivity index (χ0) is 8.23. The van der Waals surface area contributed by atoms with Crippen molar-refractivity contribution in [3.63, 3.8) is 0 Å². The summed E-state index contributed by atoms with van der Waals surface area (Å²) in [7, 11) is 0. The highest BCUT2D eigenvalue weighted by Crippen LogP contribution is 2.01. The Kier molecular flexibility index (Phi) is 2.94. The number of hydrazine groups is 1. The topological polar surface area (TPSA) is 32.6 Å². The molecule has 0 aromatic rings. The fraction of sp³-hybridized carbons (Fsp3) is 1.00. The molecule has 0 aliphatic carbocycles. The van der Waals surface area contributed by atoms with Crippen molar-refractivity contribution in [3.8, 4) is 0 Å². The third-order valence-electron chi connectivity index (χ3n) is 2.53. The lowest BCUT2D eigenvalue weighted by atomic mass is 10.4. The SMILES string of the molecule is C1CN(N2CCNCC2)CC[N]1. The van der Waals surface area contributed by atoms with E-state index >= 15 is 0 Å². The van der Waals surface area contributed by atoms with Crippen LogP contribution < -0.4 is 10.6 Å². The Morgan fingerprint density at radius 3 is 2.08 bits per heavy atom. The number of hydrogen-bond donors (Lipinski definition) is 1. The van der Waals surface area contributed by atoms with E-state index in [1.165, 1.54) is 13.1 Å². The van der Waals surface area contributed by atoms with Gasteiger partial charge in [0.25, 0.3) is 0 Å². The number of piperazine rings is 2. The number of nitrogens with one attached hydrogen (secondary N) is 1. The zero-order valence-corrected chi connectivity index (χ0v) is 7.50. The summed E-state index contributed by atoms with van der Waals surface area (Å²) in [5.74, 6) is 0. The highest BCUT2D eigenvalue weighted by atomic mass is 15.6. The molecule has 69 valence electrons. The molecule has 0 saturated carbocycles. The normalized spacial score (nSPS) is 29.0. The molecule has 2 saturated heterocycles. The van der Waals surface area contributed by atoms with Crippen LogP contribution in [0.4, 0.5) is 0 Å². The van der Waals surface area contributed by atoms with E-state index in [0.29, 0.717) is 0 Å². The quantitative estimate of drug-likeness (QED) is 0.531. The summed E-state index contributed by atoms with van der Waals surface area (Å²) in [5.41, 5.74) is 0. The van der Waals surface area contributed by atoms with Crippen LogP contribution in [0.1, 0.15) is 0 Å². The van der Waals surface area contributed by atoms with Crippen LogP contribution in [0, 0.1) is 0 Å². The second kappa shape index (κ2) is 4.18. The minimum atomic E-state index is 1.02. The van der Waals surface area contributed by atoms with Gasteiger partial charge in [0, 0.05) is 52.4 Å². The smallest absolute Gasteiger partial charge is 0.0275 e. The summed E-state index contributed by atoms with van der Waals surface area (Å²) in [6, 6.07) is 0. The highest BCUT2D eigenvalue weighted by molar-refractivity contribution is 4.70. The zero-order valence-electron chi connectivity index (χ0n) is 7.50. The Balaban J connectivity index is 1.80. The molecule has 0 atom stereocenters. The van der Waals surface area contributed by atoms with Gasteiger partial charge < -0.3 is 5.32 Å². The molecule has 0 bridgehead atoms. The maximum absolute atomic E-state index is 4.34. The van der Waals surface area contributed by atoms with Gasteiger partial charge in [0.1, 0.15) is 0 Å². The highest BCUT2D eigenvalue weighted by Gasteiger charge is 2.19. The Hall–Kier alpha value is -0.160. The summed E-state index contributed by atoms with van der Waals surface area (Å²) in [6.07, 6.45) is 0. The van der Waals surface area contributed by atoms with Gasteiger partial charge in [-0.15, -0.1) is 0 Å². The Labute approximate surface area is 73.9 Å². The summed E-state index contributed by atoms with van der Waals surface area (Å²) in [6.45, 7) is 8.88. The van der Waals surface area contributed by atoms with Crippen molar-refractivity contribution < 1.29 is 0 Å². The van der Waals surface area contributed by atoms with Crippen molar-refractivity contribution in [2.45, 2.75) is 0 Å². The average molecular weight is 169 g/mol. The van der Waals surface area contributed by atoms with Gasteiger partial charge in [-0.25, -0.2) is 15.3 Å². The van der Waals surface area contributed by atoms with E-state index in [4.69, 9.17) is 0 Å². The van der Waals surface area contributed by atoms with E-state index in [1.807, 2.05) is 0 Å². The Bertz CT molecular complexity index is 111. The van der Waals surface area contributed by atoms with Crippen LogP contribution in [0.5, 0.6) is 0 Å². The van der Waals surface area contributed by atoms with E-state index in [2.05, 4.69) is 20.7 Å². The lowest BCUT2D eigenvalue weighted by Gasteiger charge is -2.39. The fourth-order valence-corrected chi connectivity index (χ4v) is 1.81. The van der Waals surface area contributed by atoms with Gasteiger partial charge in [0.2, 0.25) is 0 Å². The predicted molar refractivity (Wildman–Crippen MR) is 47.9 cm³/mol. The van der Waals surface area contributed by atoms with Crippen molar-refractivity contribution in [2.75, 3.05) is 52.4 Å².